The number of rotatable bonds is 6. The van der Waals surface area contributed by atoms with E-state index in [0.29, 0.717) is 18.4 Å². The second-order valence-corrected chi connectivity index (χ2v) is 8.54. The molecule has 0 aliphatic carbocycles. The van der Waals surface area contributed by atoms with Gasteiger partial charge in [0.1, 0.15) is 0 Å². The first-order chi connectivity index (χ1) is 14.0. The second kappa shape index (κ2) is 8.61. The van der Waals surface area contributed by atoms with E-state index in [9.17, 15) is 0 Å². The summed E-state index contributed by atoms with van der Waals surface area (Å²) in [6.45, 7) is 12.4. The van der Waals surface area contributed by atoms with Crippen molar-refractivity contribution in [1.29, 1.82) is 0 Å². The van der Waals surface area contributed by atoms with E-state index in [0.717, 1.165) is 49.3 Å². The molecule has 0 bridgehead atoms. The van der Waals surface area contributed by atoms with Crippen molar-refractivity contribution in [2.75, 3.05) is 36.0 Å². The third-order valence-corrected chi connectivity index (χ3v) is 6.10. The van der Waals surface area contributed by atoms with Gasteiger partial charge in [0.2, 0.25) is 11.9 Å². The molecule has 7 nitrogen and oxygen atoms in total. The van der Waals surface area contributed by atoms with E-state index in [1.165, 1.54) is 6.42 Å². The molecule has 0 N–H and O–H groups in total. The van der Waals surface area contributed by atoms with Crippen LogP contribution in [0.4, 0.5) is 11.9 Å². The molecule has 2 aliphatic heterocycles. The van der Waals surface area contributed by atoms with Crippen molar-refractivity contribution in [2.24, 2.45) is 0 Å². The number of nitrogens with zero attached hydrogens (tertiary/aromatic N) is 6. The van der Waals surface area contributed by atoms with Crippen molar-refractivity contribution < 1.29 is 4.74 Å². The highest BCUT2D eigenvalue weighted by Crippen LogP contribution is 2.29. The van der Waals surface area contributed by atoms with Crippen molar-refractivity contribution >= 4 is 11.9 Å². The number of morpholine rings is 1. The van der Waals surface area contributed by atoms with Crippen LogP contribution in [0.5, 0.6) is 0 Å². The Labute approximate surface area is 173 Å². The Morgan fingerprint density at radius 3 is 2.38 bits per heavy atom. The molecule has 0 saturated carbocycles. The molecule has 2 aromatic rings. The average Bonchev–Trinajstić information content (AvgIpc) is 2.68. The zero-order valence-electron chi connectivity index (χ0n) is 18.0. The highest BCUT2D eigenvalue weighted by Gasteiger charge is 2.32. The molecule has 156 valence electrons. The maximum Gasteiger partial charge on any atom is 0.225 e. The summed E-state index contributed by atoms with van der Waals surface area (Å²) < 4.78 is 6.17. The summed E-state index contributed by atoms with van der Waals surface area (Å²) in [5.41, 5.74) is 2.17. The van der Waals surface area contributed by atoms with Gasteiger partial charge in [-0.3, -0.25) is 0 Å². The lowest BCUT2D eigenvalue weighted by Gasteiger charge is -2.40. The molecule has 29 heavy (non-hydrogen) atoms. The van der Waals surface area contributed by atoms with Crippen LogP contribution in [-0.2, 0) is 4.74 Å². The Hall–Kier alpha value is -2.28. The summed E-state index contributed by atoms with van der Waals surface area (Å²) in [7, 11) is 0. The molecule has 4 rings (SSSR count). The number of aromatic nitrogens is 4. The predicted octanol–water partition coefficient (Wildman–Crippen LogP) is 3.39. The summed E-state index contributed by atoms with van der Waals surface area (Å²) in [5, 5.41) is 0. The first kappa shape index (κ1) is 20.0. The van der Waals surface area contributed by atoms with Gasteiger partial charge in [-0.1, -0.05) is 20.8 Å². The monoisotopic (exact) mass is 396 g/mol. The fourth-order valence-electron chi connectivity index (χ4n) is 3.99. The summed E-state index contributed by atoms with van der Waals surface area (Å²) in [6, 6.07) is 4.25. The van der Waals surface area contributed by atoms with Crippen LogP contribution in [0, 0.1) is 0 Å². The maximum atomic E-state index is 6.17. The fourth-order valence-corrected chi connectivity index (χ4v) is 3.99. The molecule has 2 aliphatic rings. The van der Waals surface area contributed by atoms with Gasteiger partial charge < -0.3 is 14.5 Å². The van der Waals surface area contributed by atoms with Gasteiger partial charge in [-0.05, 0) is 37.8 Å². The lowest BCUT2D eigenvalue weighted by molar-refractivity contribution is 0.00653. The van der Waals surface area contributed by atoms with E-state index in [-0.39, 0.29) is 12.1 Å². The van der Waals surface area contributed by atoms with Crippen LogP contribution in [0.2, 0.25) is 0 Å². The van der Waals surface area contributed by atoms with Crippen molar-refractivity contribution in [2.45, 2.75) is 64.5 Å². The van der Waals surface area contributed by atoms with Crippen molar-refractivity contribution in [3.8, 4) is 0 Å². The molecule has 0 amide bonds. The topological polar surface area (TPSA) is 67.3 Å². The van der Waals surface area contributed by atoms with Gasteiger partial charge in [0.25, 0.3) is 0 Å². The van der Waals surface area contributed by atoms with Gasteiger partial charge >= 0.3 is 0 Å². The summed E-state index contributed by atoms with van der Waals surface area (Å²) in [4.78, 5) is 23.1. The van der Waals surface area contributed by atoms with Crippen LogP contribution in [0.15, 0.2) is 24.5 Å². The minimum Gasteiger partial charge on any atom is -0.374 e. The largest absolute Gasteiger partial charge is 0.374 e. The van der Waals surface area contributed by atoms with E-state index in [1.54, 1.807) is 0 Å². The lowest BCUT2D eigenvalue weighted by atomic mass is 9.95. The third-order valence-electron chi connectivity index (χ3n) is 6.10. The second-order valence-electron chi connectivity index (χ2n) is 8.54. The van der Waals surface area contributed by atoms with E-state index in [1.807, 2.05) is 24.5 Å². The molecular weight excluding hydrogens is 364 g/mol. The molecule has 4 heterocycles. The summed E-state index contributed by atoms with van der Waals surface area (Å²) >= 11 is 0. The van der Waals surface area contributed by atoms with Crippen LogP contribution in [0.3, 0.4) is 0 Å². The maximum absolute atomic E-state index is 6.17. The molecule has 2 saturated heterocycles. The van der Waals surface area contributed by atoms with Gasteiger partial charge in [-0.2, -0.15) is 0 Å². The van der Waals surface area contributed by atoms with E-state index in [4.69, 9.17) is 14.7 Å². The number of anilines is 2. The van der Waals surface area contributed by atoms with Crippen LogP contribution in [-0.4, -0.2) is 58.3 Å². The Morgan fingerprint density at radius 2 is 1.69 bits per heavy atom. The molecule has 0 spiro atoms. The Bertz CT molecular complexity index is 824. The summed E-state index contributed by atoms with van der Waals surface area (Å²) in [5.74, 6) is 2.36. The molecule has 7 heteroatoms. The van der Waals surface area contributed by atoms with Gasteiger partial charge in [-0.15, -0.1) is 0 Å². The highest BCUT2D eigenvalue weighted by molar-refractivity contribution is 5.35. The highest BCUT2D eigenvalue weighted by atomic mass is 16.5. The van der Waals surface area contributed by atoms with E-state index in [2.05, 4.69) is 47.5 Å². The first-order valence-corrected chi connectivity index (χ1v) is 10.8. The van der Waals surface area contributed by atoms with Gasteiger partial charge in [-0.25, -0.2) is 19.9 Å². The molecular formula is C22H32N6O. The average molecular weight is 397 g/mol. The van der Waals surface area contributed by atoms with E-state index >= 15 is 0 Å². The van der Waals surface area contributed by atoms with Crippen molar-refractivity contribution in [3.63, 3.8) is 0 Å². The quantitative estimate of drug-likeness (QED) is 0.741. The zero-order chi connectivity index (χ0) is 20.4. The molecule has 2 aromatic heterocycles. The minimum absolute atomic E-state index is 0.118. The Morgan fingerprint density at radius 1 is 1.00 bits per heavy atom. The first-order valence-electron chi connectivity index (χ1n) is 10.8. The SMILES string of the molecule is CC(C)c1ccnc(N2CCOC(CC(C)c3ccnc(N4CCC4)n3)[C@@H]2C)n1. The molecule has 3 atom stereocenters. The molecule has 2 fully saturated rings. The van der Waals surface area contributed by atoms with Crippen LogP contribution in [0.25, 0.3) is 0 Å². The number of ether oxygens (including phenoxy) is 1. The van der Waals surface area contributed by atoms with Crippen molar-refractivity contribution in [3.05, 3.63) is 35.9 Å². The third kappa shape index (κ3) is 4.34. The van der Waals surface area contributed by atoms with Crippen LogP contribution < -0.4 is 9.80 Å². The van der Waals surface area contributed by atoms with Gasteiger partial charge in [0.05, 0.1) is 18.8 Å². The normalized spacial score (nSPS) is 23.2. The number of hydrogen-bond donors (Lipinski definition) is 0. The zero-order valence-corrected chi connectivity index (χ0v) is 18.0. The standard InChI is InChI=1S/C22H32N6O/c1-15(2)18-6-8-24-22(25-18)28-12-13-29-20(17(28)4)14-16(3)19-7-9-23-21(26-19)27-10-5-11-27/h6-9,15-17,20H,5,10-14H2,1-4H3/t16?,17-,20?/m0/s1. The molecule has 2 unspecified atom stereocenters. The van der Waals surface area contributed by atoms with Crippen LogP contribution in [0.1, 0.15) is 63.8 Å². The Kier molecular flexibility index (Phi) is 5.94. The van der Waals surface area contributed by atoms with Crippen LogP contribution >= 0.6 is 0 Å². The molecule has 0 radical (unpaired) electrons. The number of hydrogen-bond acceptors (Lipinski definition) is 7. The lowest BCUT2D eigenvalue weighted by Crippen LogP contribution is -2.51. The van der Waals surface area contributed by atoms with Gasteiger partial charge in [0, 0.05) is 49.3 Å². The minimum atomic E-state index is 0.118. The van der Waals surface area contributed by atoms with Crippen molar-refractivity contribution in [1.82, 2.24) is 19.9 Å². The fraction of sp³-hybridized carbons (Fsp3) is 0.636. The predicted molar refractivity (Wildman–Crippen MR) is 115 cm³/mol. The Balaban J connectivity index is 1.45. The molecule has 0 aromatic carbocycles. The summed E-state index contributed by atoms with van der Waals surface area (Å²) in [6.07, 6.45) is 6.02. The smallest absolute Gasteiger partial charge is 0.225 e. The van der Waals surface area contributed by atoms with E-state index < -0.39 is 0 Å². The van der Waals surface area contributed by atoms with Gasteiger partial charge in [0.15, 0.2) is 0 Å².